The van der Waals surface area contributed by atoms with E-state index < -0.39 is 29.3 Å². The molecule has 23 heavy (non-hydrogen) atoms. The van der Waals surface area contributed by atoms with Gasteiger partial charge in [0.2, 0.25) is 5.91 Å². The number of nitrogens with one attached hydrogen (secondary N) is 1. The summed E-state index contributed by atoms with van der Waals surface area (Å²) in [7, 11) is 0. The van der Waals surface area contributed by atoms with Crippen LogP contribution in [0.15, 0.2) is 47.4 Å². The molecule has 0 saturated heterocycles. The summed E-state index contributed by atoms with van der Waals surface area (Å²) >= 11 is 0.749. The third kappa shape index (κ3) is 4.95. The van der Waals surface area contributed by atoms with Gasteiger partial charge in [-0.2, -0.15) is 13.2 Å². The standard InChI is InChI=1S/C15H10F5NOS/c16-10-4-5-12(17)13(7-10)23-8-14(22)21-11-3-1-2-9(6-11)15(18,19)20/h1-7H,8H2,(H,21,22). The van der Waals surface area contributed by atoms with Crippen molar-refractivity contribution in [1.82, 2.24) is 0 Å². The molecule has 2 nitrogen and oxygen atoms in total. The molecule has 0 radical (unpaired) electrons. The summed E-state index contributed by atoms with van der Waals surface area (Å²) in [6, 6.07) is 6.97. The van der Waals surface area contributed by atoms with Crippen LogP contribution in [-0.4, -0.2) is 11.7 Å². The zero-order valence-electron chi connectivity index (χ0n) is 11.5. The Balaban J connectivity index is 1.99. The molecule has 0 atom stereocenters. The average molecular weight is 347 g/mol. The van der Waals surface area contributed by atoms with E-state index in [1.165, 1.54) is 6.07 Å². The van der Waals surface area contributed by atoms with E-state index in [-0.39, 0.29) is 16.3 Å². The highest BCUT2D eigenvalue weighted by atomic mass is 32.2. The topological polar surface area (TPSA) is 29.1 Å². The van der Waals surface area contributed by atoms with E-state index in [9.17, 15) is 26.7 Å². The third-order valence-corrected chi connectivity index (χ3v) is 3.76. The molecular weight excluding hydrogens is 337 g/mol. The second-order valence-electron chi connectivity index (χ2n) is 4.49. The predicted molar refractivity (Wildman–Crippen MR) is 77.2 cm³/mol. The zero-order valence-corrected chi connectivity index (χ0v) is 12.3. The highest BCUT2D eigenvalue weighted by molar-refractivity contribution is 8.00. The molecule has 122 valence electrons. The van der Waals surface area contributed by atoms with E-state index in [4.69, 9.17) is 0 Å². The minimum atomic E-state index is -4.51. The average Bonchev–Trinajstić information content (AvgIpc) is 2.47. The Morgan fingerprint density at radius 1 is 1.09 bits per heavy atom. The molecule has 1 amide bonds. The van der Waals surface area contributed by atoms with Crippen molar-refractivity contribution >= 4 is 23.4 Å². The molecule has 0 aliphatic rings. The van der Waals surface area contributed by atoms with Crippen molar-refractivity contribution in [1.29, 1.82) is 0 Å². The number of amides is 1. The van der Waals surface area contributed by atoms with Gasteiger partial charge in [-0.15, -0.1) is 11.8 Å². The van der Waals surface area contributed by atoms with Crippen LogP contribution in [0.5, 0.6) is 0 Å². The lowest BCUT2D eigenvalue weighted by Crippen LogP contribution is -2.15. The van der Waals surface area contributed by atoms with Crippen LogP contribution in [0.2, 0.25) is 0 Å². The van der Waals surface area contributed by atoms with E-state index in [2.05, 4.69) is 5.32 Å². The first-order chi connectivity index (χ1) is 10.8. The number of rotatable bonds is 4. The molecule has 1 N–H and O–H groups in total. The van der Waals surface area contributed by atoms with Crippen LogP contribution in [0.25, 0.3) is 0 Å². The van der Waals surface area contributed by atoms with Gasteiger partial charge in [0.15, 0.2) is 0 Å². The lowest BCUT2D eigenvalue weighted by molar-refractivity contribution is -0.137. The quantitative estimate of drug-likeness (QED) is 0.641. The Kier molecular flexibility index (Phi) is 5.25. The summed E-state index contributed by atoms with van der Waals surface area (Å²) in [6.07, 6.45) is -4.51. The molecule has 0 saturated carbocycles. The van der Waals surface area contributed by atoms with Crippen molar-refractivity contribution in [3.8, 4) is 0 Å². The van der Waals surface area contributed by atoms with Crippen molar-refractivity contribution in [2.75, 3.05) is 11.1 Å². The third-order valence-electron chi connectivity index (χ3n) is 2.73. The molecule has 2 aromatic rings. The van der Waals surface area contributed by atoms with Gasteiger partial charge in [-0.25, -0.2) is 8.78 Å². The number of carbonyl (C=O) groups excluding carboxylic acids is 1. The number of thioether (sulfide) groups is 1. The van der Waals surface area contributed by atoms with Crippen molar-refractivity contribution in [2.45, 2.75) is 11.1 Å². The molecule has 0 aliphatic heterocycles. The van der Waals surface area contributed by atoms with Crippen LogP contribution >= 0.6 is 11.8 Å². The van der Waals surface area contributed by atoms with E-state index in [0.717, 1.165) is 48.2 Å². The number of benzene rings is 2. The Bertz CT molecular complexity index is 717. The van der Waals surface area contributed by atoms with E-state index in [1.807, 2.05) is 0 Å². The highest BCUT2D eigenvalue weighted by Crippen LogP contribution is 2.30. The lowest BCUT2D eigenvalue weighted by atomic mass is 10.2. The van der Waals surface area contributed by atoms with Gasteiger partial charge in [0, 0.05) is 10.6 Å². The summed E-state index contributed by atoms with van der Waals surface area (Å²) in [5, 5.41) is 2.28. The van der Waals surface area contributed by atoms with Crippen molar-refractivity contribution < 1.29 is 26.7 Å². The van der Waals surface area contributed by atoms with Crippen molar-refractivity contribution in [3.05, 3.63) is 59.7 Å². The van der Waals surface area contributed by atoms with Gasteiger partial charge in [-0.05, 0) is 36.4 Å². The number of alkyl halides is 3. The van der Waals surface area contributed by atoms with E-state index >= 15 is 0 Å². The molecule has 0 aliphatic carbocycles. The molecule has 8 heteroatoms. The van der Waals surface area contributed by atoms with Gasteiger partial charge in [0.1, 0.15) is 11.6 Å². The van der Waals surface area contributed by atoms with Crippen LogP contribution in [0.4, 0.5) is 27.6 Å². The van der Waals surface area contributed by atoms with Gasteiger partial charge in [0.25, 0.3) is 0 Å². The summed E-state index contributed by atoms with van der Waals surface area (Å²) < 4.78 is 64.1. The first-order valence-corrected chi connectivity index (χ1v) is 7.29. The zero-order chi connectivity index (χ0) is 17.0. The number of hydrogen-bond donors (Lipinski definition) is 1. The van der Waals surface area contributed by atoms with Crippen molar-refractivity contribution in [2.24, 2.45) is 0 Å². The van der Waals surface area contributed by atoms with Gasteiger partial charge in [-0.3, -0.25) is 4.79 Å². The van der Waals surface area contributed by atoms with E-state index in [0.29, 0.717) is 0 Å². The smallest absolute Gasteiger partial charge is 0.325 e. The highest BCUT2D eigenvalue weighted by Gasteiger charge is 2.30. The molecule has 2 rings (SSSR count). The molecule has 0 spiro atoms. The van der Waals surface area contributed by atoms with Crippen LogP contribution in [0, 0.1) is 11.6 Å². The number of halogens is 5. The van der Waals surface area contributed by atoms with E-state index in [1.54, 1.807) is 0 Å². The fourth-order valence-corrected chi connectivity index (χ4v) is 2.46. The molecule has 0 bridgehead atoms. The summed E-state index contributed by atoms with van der Waals surface area (Å²) in [5.74, 6) is -2.22. The van der Waals surface area contributed by atoms with Crippen LogP contribution in [0.3, 0.4) is 0 Å². The Morgan fingerprint density at radius 3 is 2.52 bits per heavy atom. The Labute approximate surface area is 132 Å². The molecule has 0 heterocycles. The second kappa shape index (κ2) is 6.99. The maximum absolute atomic E-state index is 13.4. The molecule has 0 fully saturated rings. The second-order valence-corrected chi connectivity index (χ2v) is 5.51. The molecule has 2 aromatic carbocycles. The van der Waals surface area contributed by atoms with Crippen LogP contribution in [-0.2, 0) is 11.0 Å². The number of hydrogen-bond acceptors (Lipinski definition) is 2. The summed E-state index contributed by atoms with van der Waals surface area (Å²) in [5.41, 5.74) is -0.913. The van der Waals surface area contributed by atoms with Crippen LogP contribution < -0.4 is 5.32 Å². The summed E-state index contributed by atoms with van der Waals surface area (Å²) in [4.78, 5) is 11.7. The molecule has 0 aromatic heterocycles. The number of carbonyl (C=O) groups is 1. The Morgan fingerprint density at radius 2 is 1.83 bits per heavy atom. The largest absolute Gasteiger partial charge is 0.416 e. The fraction of sp³-hybridized carbons (Fsp3) is 0.133. The van der Waals surface area contributed by atoms with Gasteiger partial charge in [-0.1, -0.05) is 6.07 Å². The predicted octanol–water partition coefficient (Wildman–Crippen LogP) is 4.71. The fourth-order valence-electron chi connectivity index (χ4n) is 1.70. The maximum Gasteiger partial charge on any atom is 0.416 e. The first kappa shape index (κ1) is 17.3. The van der Waals surface area contributed by atoms with Gasteiger partial charge in [0.05, 0.1) is 11.3 Å². The maximum atomic E-state index is 13.4. The lowest BCUT2D eigenvalue weighted by Gasteiger charge is -2.10. The minimum absolute atomic E-state index is 0.0230. The minimum Gasteiger partial charge on any atom is -0.325 e. The van der Waals surface area contributed by atoms with Crippen LogP contribution in [0.1, 0.15) is 5.56 Å². The SMILES string of the molecule is O=C(CSc1cc(F)ccc1F)Nc1cccc(C(F)(F)F)c1. The normalized spacial score (nSPS) is 11.3. The van der Waals surface area contributed by atoms with Gasteiger partial charge >= 0.3 is 6.18 Å². The first-order valence-electron chi connectivity index (χ1n) is 6.30. The molecule has 0 unspecified atom stereocenters. The Hall–Kier alpha value is -2.09. The molecular formula is C15H10F5NOS. The van der Waals surface area contributed by atoms with Crippen molar-refractivity contribution in [3.63, 3.8) is 0 Å². The monoisotopic (exact) mass is 347 g/mol. The summed E-state index contributed by atoms with van der Waals surface area (Å²) in [6.45, 7) is 0. The number of anilines is 1. The van der Waals surface area contributed by atoms with Gasteiger partial charge < -0.3 is 5.32 Å².